The van der Waals surface area contributed by atoms with Crippen molar-refractivity contribution in [3.63, 3.8) is 0 Å². The van der Waals surface area contributed by atoms with E-state index < -0.39 is 11.5 Å². The Kier molecular flexibility index (Phi) is 9.06. The average molecular weight is 260 g/mol. The van der Waals surface area contributed by atoms with E-state index in [1.807, 2.05) is 0 Å². The molecule has 0 aromatic rings. The quantitative estimate of drug-likeness (QED) is 0.408. The van der Waals surface area contributed by atoms with Crippen LogP contribution in [-0.4, -0.2) is 56.6 Å². The van der Waals surface area contributed by atoms with Gasteiger partial charge >= 0.3 is 11.5 Å². The van der Waals surface area contributed by atoms with E-state index in [9.17, 15) is 0 Å². The Labute approximate surface area is 97.7 Å². The minimum atomic E-state index is -1.17. The average Bonchev–Trinajstić information content (AvgIpc) is 2.33. The molecule has 0 saturated heterocycles. The van der Waals surface area contributed by atoms with Gasteiger partial charge in [-0.15, -0.1) is 0 Å². The van der Waals surface area contributed by atoms with Crippen LogP contribution < -0.4 is 0 Å². The zero-order valence-electron chi connectivity index (χ0n) is 10.2. The minimum absolute atomic E-state index is 1.07. The second-order valence-corrected chi connectivity index (χ2v) is 3.40. The lowest BCUT2D eigenvalue weighted by Gasteiger charge is -2.22. The maximum atomic E-state index is 4.95. The summed E-state index contributed by atoms with van der Waals surface area (Å²) >= 11 is -1.17. The van der Waals surface area contributed by atoms with Gasteiger partial charge in [-0.05, 0) is 0 Å². The summed E-state index contributed by atoms with van der Waals surface area (Å²) in [6.45, 7) is 0. The van der Waals surface area contributed by atoms with E-state index in [2.05, 4.69) is 0 Å². The summed E-state index contributed by atoms with van der Waals surface area (Å²) < 4.78 is 3.21. The highest BCUT2D eigenvalue weighted by Gasteiger charge is 2.51. The van der Waals surface area contributed by atoms with Crippen LogP contribution in [0.15, 0.2) is 0 Å². The molecule has 0 aliphatic rings. The predicted molar refractivity (Wildman–Crippen MR) is 54.9 cm³/mol. The van der Waals surface area contributed by atoms with Crippen LogP contribution in [0.25, 0.3) is 0 Å². The van der Waals surface area contributed by atoms with Gasteiger partial charge < -0.3 is 0 Å². The van der Waals surface area contributed by atoms with Gasteiger partial charge in [0.2, 0.25) is 0 Å². The summed E-state index contributed by atoms with van der Waals surface area (Å²) in [5.74, 6) is 0. The maximum absolute atomic E-state index is 4.95. The second-order valence-electron chi connectivity index (χ2n) is 2.01. The van der Waals surface area contributed by atoms with E-state index in [1.165, 1.54) is 42.7 Å². The lowest BCUT2D eigenvalue weighted by Crippen LogP contribution is -2.51. The molecule has 0 rings (SSSR count). The Bertz CT molecular complexity index is 138. The Hall–Kier alpha value is -0.0100. The molecule has 0 bridgehead atoms. The Morgan fingerprint density at radius 3 is 0.812 bits per heavy atom. The smallest absolute Gasteiger partial charge is 0.233 e. The number of hydrogen-bond acceptors (Lipinski definition) is 9. The largest absolute Gasteiger partial charge is 0.433 e. The van der Waals surface area contributed by atoms with E-state index in [4.69, 9.17) is 29.0 Å². The molecule has 16 heavy (non-hydrogen) atoms. The summed E-state index contributed by atoms with van der Waals surface area (Å²) in [7, 11) is 8.48. The van der Waals surface area contributed by atoms with Crippen molar-refractivity contribution < 1.29 is 29.0 Å². The number of rotatable bonds is 9. The fourth-order valence-corrected chi connectivity index (χ4v) is 1.91. The third-order valence-electron chi connectivity index (χ3n) is 1.29. The van der Waals surface area contributed by atoms with Gasteiger partial charge in [0.1, 0.15) is 0 Å². The van der Waals surface area contributed by atoms with Gasteiger partial charge in [-0.3, -0.25) is 0 Å². The summed E-state index contributed by atoms with van der Waals surface area (Å²) in [4.78, 5) is 29.7. The normalized spacial score (nSPS) is 12.4. The molecule has 0 heterocycles. The first kappa shape index (κ1) is 16.0. The van der Waals surface area contributed by atoms with Gasteiger partial charge in [-0.25, -0.2) is 29.0 Å². The van der Waals surface area contributed by atoms with Crippen LogP contribution in [0.4, 0.5) is 0 Å². The standard InChI is InChI=1S/C6H18N3O6S/c1-10-7(11-2)16(8(12-3)13-4)9(14-5)15-6/h1-6H3/q+1. The van der Waals surface area contributed by atoms with E-state index in [0.717, 1.165) is 13.9 Å². The molecule has 0 amide bonds. The molecule has 0 unspecified atom stereocenters. The van der Waals surface area contributed by atoms with Gasteiger partial charge in [0.25, 0.3) is 0 Å². The summed E-state index contributed by atoms with van der Waals surface area (Å²) in [6.07, 6.45) is 0. The van der Waals surface area contributed by atoms with Gasteiger partial charge in [-0.2, -0.15) is 0 Å². The molecule has 0 saturated carbocycles. The third-order valence-corrected chi connectivity index (χ3v) is 2.99. The highest BCUT2D eigenvalue weighted by molar-refractivity contribution is 7.89. The molecular formula is C6H18N3O6S+. The molecule has 0 atom stereocenters. The lowest BCUT2D eigenvalue weighted by atomic mass is 11.7. The first-order valence-electron chi connectivity index (χ1n) is 4.09. The van der Waals surface area contributed by atoms with Crippen molar-refractivity contribution in [1.82, 2.24) is 13.9 Å². The van der Waals surface area contributed by atoms with Crippen LogP contribution in [0, 0.1) is 0 Å². The molecule has 10 heteroatoms. The van der Waals surface area contributed by atoms with Crippen molar-refractivity contribution in [2.24, 2.45) is 0 Å². The van der Waals surface area contributed by atoms with Crippen molar-refractivity contribution in [3.8, 4) is 0 Å². The molecule has 98 valence electrons. The Morgan fingerprint density at radius 1 is 0.500 bits per heavy atom. The van der Waals surface area contributed by atoms with Crippen molar-refractivity contribution in [2.75, 3.05) is 42.7 Å². The SMILES string of the molecule is CON(OC)[S+](N(OC)OC)N(OC)OC. The molecule has 0 aromatic heterocycles. The zero-order valence-corrected chi connectivity index (χ0v) is 11.0. The first-order valence-corrected chi connectivity index (χ1v) is 5.19. The Morgan fingerprint density at radius 2 is 0.688 bits per heavy atom. The molecule has 0 aliphatic carbocycles. The molecule has 0 aromatic carbocycles. The molecule has 0 N–H and O–H groups in total. The van der Waals surface area contributed by atoms with E-state index in [-0.39, 0.29) is 0 Å². The first-order chi connectivity index (χ1) is 7.69. The highest BCUT2D eigenvalue weighted by Crippen LogP contribution is 2.18. The van der Waals surface area contributed by atoms with Crippen molar-refractivity contribution in [1.29, 1.82) is 0 Å². The van der Waals surface area contributed by atoms with Crippen LogP contribution in [0.1, 0.15) is 0 Å². The Balaban J connectivity index is 4.84. The molecule has 0 fully saturated rings. The van der Waals surface area contributed by atoms with Crippen molar-refractivity contribution in [3.05, 3.63) is 0 Å². The summed E-state index contributed by atoms with van der Waals surface area (Å²) in [5, 5.41) is 0. The molecule has 0 radical (unpaired) electrons. The molecule has 0 aliphatic heterocycles. The molecular weight excluding hydrogens is 242 g/mol. The van der Waals surface area contributed by atoms with E-state index >= 15 is 0 Å². The topological polar surface area (TPSA) is 65.1 Å². The summed E-state index contributed by atoms with van der Waals surface area (Å²) in [6, 6.07) is 0. The van der Waals surface area contributed by atoms with Crippen molar-refractivity contribution in [2.45, 2.75) is 0 Å². The maximum Gasteiger partial charge on any atom is 0.433 e. The second kappa shape index (κ2) is 9.07. The molecule has 0 spiro atoms. The van der Waals surface area contributed by atoms with Gasteiger partial charge in [-0.1, -0.05) is 0 Å². The van der Waals surface area contributed by atoms with Crippen LogP contribution in [0.2, 0.25) is 0 Å². The minimum Gasteiger partial charge on any atom is -0.233 e. The molecule has 9 nitrogen and oxygen atoms in total. The van der Waals surface area contributed by atoms with Crippen molar-refractivity contribution >= 4 is 11.5 Å². The van der Waals surface area contributed by atoms with Gasteiger partial charge in [0.15, 0.2) is 13.9 Å². The van der Waals surface area contributed by atoms with Gasteiger partial charge in [0, 0.05) is 0 Å². The predicted octanol–water partition coefficient (Wildman–Crippen LogP) is -0.376. The van der Waals surface area contributed by atoms with E-state index in [1.54, 1.807) is 0 Å². The number of hydrogen-bond donors (Lipinski definition) is 0. The zero-order chi connectivity index (χ0) is 12.6. The monoisotopic (exact) mass is 260 g/mol. The van der Waals surface area contributed by atoms with Crippen LogP contribution >= 0.6 is 0 Å². The van der Waals surface area contributed by atoms with Gasteiger partial charge in [0.05, 0.1) is 42.7 Å². The van der Waals surface area contributed by atoms with Crippen LogP contribution in [0.3, 0.4) is 0 Å². The van der Waals surface area contributed by atoms with Crippen LogP contribution in [-0.2, 0) is 40.5 Å². The third kappa shape index (κ3) is 4.10. The fourth-order valence-electron chi connectivity index (χ4n) is 0.787. The fraction of sp³-hybridized carbons (Fsp3) is 1.00. The number of nitrogens with zero attached hydrogens (tertiary/aromatic N) is 3. The summed E-state index contributed by atoms with van der Waals surface area (Å²) in [5.41, 5.74) is 0. The highest BCUT2D eigenvalue weighted by atomic mass is 32.2. The van der Waals surface area contributed by atoms with Crippen LogP contribution in [0.5, 0.6) is 0 Å². The van der Waals surface area contributed by atoms with E-state index in [0.29, 0.717) is 0 Å². The lowest BCUT2D eigenvalue weighted by molar-refractivity contribution is -0.348.